The van der Waals surface area contributed by atoms with Crippen molar-refractivity contribution in [2.24, 2.45) is 0 Å². The van der Waals surface area contributed by atoms with Gasteiger partial charge in [-0.15, -0.1) is 0 Å². The molecule has 158 valence electrons. The summed E-state index contributed by atoms with van der Waals surface area (Å²) in [6, 6.07) is 9.19. The van der Waals surface area contributed by atoms with Gasteiger partial charge in [0.1, 0.15) is 5.70 Å². The zero-order valence-corrected chi connectivity index (χ0v) is 18.1. The van der Waals surface area contributed by atoms with Gasteiger partial charge < -0.3 is 19.5 Å². The van der Waals surface area contributed by atoms with Crippen molar-refractivity contribution in [3.05, 3.63) is 52.7 Å². The molecule has 0 fully saturated rings. The van der Waals surface area contributed by atoms with E-state index >= 15 is 0 Å². The second-order valence-electron chi connectivity index (χ2n) is 6.96. The van der Waals surface area contributed by atoms with Crippen LogP contribution >= 0.6 is 0 Å². The van der Waals surface area contributed by atoms with Gasteiger partial charge in [0.15, 0.2) is 11.5 Å². The third-order valence-electron chi connectivity index (χ3n) is 5.07. The average molecular weight is 410 g/mol. The molecule has 3 rings (SSSR count). The minimum absolute atomic E-state index is 0.225. The van der Waals surface area contributed by atoms with Gasteiger partial charge in [-0.2, -0.15) is 0 Å². The molecular formula is C23H26N2O5. The molecule has 0 saturated heterocycles. The van der Waals surface area contributed by atoms with Gasteiger partial charge in [-0.05, 0) is 31.9 Å². The molecule has 30 heavy (non-hydrogen) atoms. The summed E-state index contributed by atoms with van der Waals surface area (Å²) in [7, 11) is 4.56. The lowest BCUT2D eigenvalue weighted by Crippen LogP contribution is -2.32. The number of amides is 2. The number of hydrogen-bond donors (Lipinski definition) is 1. The van der Waals surface area contributed by atoms with Gasteiger partial charge >= 0.3 is 0 Å². The van der Waals surface area contributed by atoms with Crippen molar-refractivity contribution < 1.29 is 23.8 Å². The fourth-order valence-electron chi connectivity index (χ4n) is 3.62. The Hall–Kier alpha value is -3.48. The lowest BCUT2D eigenvalue weighted by molar-refractivity contribution is -0.136. The number of anilines is 1. The normalized spacial score (nSPS) is 13.7. The van der Waals surface area contributed by atoms with Crippen LogP contribution < -0.4 is 19.5 Å². The summed E-state index contributed by atoms with van der Waals surface area (Å²) in [5.74, 6) is 0.642. The average Bonchev–Trinajstić information content (AvgIpc) is 2.96. The molecule has 0 spiro atoms. The summed E-state index contributed by atoms with van der Waals surface area (Å²) < 4.78 is 16.1. The molecule has 0 saturated carbocycles. The largest absolute Gasteiger partial charge is 0.493 e. The molecule has 2 aromatic rings. The van der Waals surface area contributed by atoms with Gasteiger partial charge in [-0.1, -0.05) is 23.8 Å². The molecule has 1 aliphatic rings. The van der Waals surface area contributed by atoms with E-state index in [1.54, 1.807) is 19.1 Å². The number of rotatable bonds is 7. The van der Waals surface area contributed by atoms with E-state index in [-0.39, 0.29) is 24.1 Å². The first-order valence-corrected chi connectivity index (χ1v) is 9.61. The Morgan fingerprint density at radius 1 is 0.900 bits per heavy atom. The number of carbonyl (C=O) groups is 2. The smallest absolute Gasteiger partial charge is 0.278 e. The second-order valence-corrected chi connectivity index (χ2v) is 6.96. The molecule has 0 aromatic heterocycles. The first-order valence-electron chi connectivity index (χ1n) is 9.61. The maximum Gasteiger partial charge on any atom is 0.278 e. The highest BCUT2D eigenvalue weighted by molar-refractivity contribution is 6.36. The number of methoxy groups -OCH3 is 3. The van der Waals surface area contributed by atoms with Crippen LogP contribution in [0.15, 0.2) is 36.0 Å². The first kappa shape index (κ1) is 21.2. The Bertz CT molecular complexity index is 1020. The van der Waals surface area contributed by atoms with Crippen LogP contribution in [0.1, 0.15) is 23.6 Å². The molecular weight excluding hydrogens is 384 g/mol. The zero-order valence-electron chi connectivity index (χ0n) is 18.1. The monoisotopic (exact) mass is 410 g/mol. The molecule has 1 heterocycles. The molecule has 0 aliphatic carbocycles. The summed E-state index contributed by atoms with van der Waals surface area (Å²) in [4.78, 5) is 27.3. The minimum atomic E-state index is -0.369. The maximum absolute atomic E-state index is 13.1. The molecule has 1 aliphatic heterocycles. The van der Waals surface area contributed by atoms with Crippen molar-refractivity contribution in [2.45, 2.75) is 20.8 Å². The second kappa shape index (κ2) is 8.49. The topological polar surface area (TPSA) is 77.1 Å². The Kier molecular flexibility index (Phi) is 6.01. The number of imide groups is 1. The summed E-state index contributed by atoms with van der Waals surface area (Å²) >= 11 is 0. The van der Waals surface area contributed by atoms with Gasteiger partial charge in [-0.3, -0.25) is 14.5 Å². The third kappa shape index (κ3) is 3.58. The Morgan fingerprint density at radius 3 is 2.03 bits per heavy atom. The summed E-state index contributed by atoms with van der Waals surface area (Å²) in [6.45, 7) is 5.98. The fourth-order valence-corrected chi connectivity index (χ4v) is 3.62. The number of nitrogens with zero attached hydrogens (tertiary/aromatic N) is 1. The van der Waals surface area contributed by atoms with E-state index in [9.17, 15) is 9.59 Å². The van der Waals surface area contributed by atoms with Crippen LogP contribution in [-0.2, 0) is 9.59 Å². The third-order valence-corrected chi connectivity index (χ3v) is 5.07. The molecule has 1 N–H and O–H groups in total. The summed E-state index contributed by atoms with van der Waals surface area (Å²) in [6.07, 6.45) is 0. The number of hydrogen-bond acceptors (Lipinski definition) is 6. The van der Waals surface area contributed by atoms with Crippen LogP contribution in [0.4, 0.5) is 5.69 Å². The van der Waals surface area contributed by atoms with Gasteiger partial charge in [0.05, 0.1) is 26.9 Å². The SMILES string of the molecule is CCN1C(=O)C(Nc2cc(OC)c(OC)c(OC)c2)=C(c2ccc(C)cc2C)C1=O. The van der Waals surface area contributed by atoms with Crippen molar-refractivity contribution in [3.8, 4) is 17.2 Å². The Morgan fingerprint density at radius 2 is 1.53 bits per heavy atom. The number of carbonyl (C=O) groups excluding carboxylic acids is 2. The van der Waals surface area contributed by atoms with Gasteiger partial charge in [0, 0.05) is 24.4 Å². The molecule has 7 nitrogen and oxygen atoms in total. The lowest BCUT2D eigenvalue weighted by Gasteiger charge is -2.16. The Labute approximate surface area is 176 Å². The summed E-state index contributed by atoms with van der Waals surface area (Å²) in [5.41, 5.74) is 3.86. The van der Waals surface area contributed by atoms with E-state index in [0.29, 0.717) is 28.5 Å². The molecule has 0 unspecified atom stereocenters. The van der Waals surface area contributed by atoms with Crippen LogP contribution in [0.3, 0.4) is 0 Å². The van der Waals surface area contributed by atoms with Crippen LogP contribution in [0.25, 0.3) is 5.57 Å². The van der Waals surface area contributed by atoms with Crippen molar-refractivity contribution in [2.75, 3.05) is 33.2 Å². The molecule has 0 radical (unpaired) electrons. The lowest BCUT2D eigenvalue weighted by atomic mass is 9.97. The number of aryl methyl sites for hydroxylation is 2. The predicted octanol–water partition coefficient (Wildman–Crippen LogP) is 3.54. The highest BCUT2D eigenvalue weighted by Crippen LogP contribution is 2.41. The van der Waals surface area contributed by atoms with Crippen LogP contribution in [0.5, 0.6) is 17.2 Å². The Balaban J connectivity index is 2.16. The van der Waals surface area contributed by atoms with E-state index in [1.165, 1.54) is 26.2 Å². The highest BCUT2D eigenvalue weighted by atomic mass is 16.5. The van der Waals surface area contributed by atoms with Gasteiger partial charge in [-0.25, -0.2) is 0 Å². The molecule has 0 bridgehead atoms. The van der Waals surface area contributed by atoms with E-state index in [0.717, 1.165) is 16.7 Å². The number of nitrogens with one attached hydrogen (secondary N) is 1. The zero-order chi connectivity index (χ0) is 22.0. The van der Waals surface area contributed by atoms with E-state index < -0.39 is 0 Å². The van der Waals surface area contributed by atoms with Crippen molar-refractivity contribution in [1.82, 2.24) is 4.90 Å². The van der Waals surface area contributed by atoms with Gasteiger partial charge in [0.25, 0.3) is 11.8 Å². The van der Waals surface area contributed by atoms with Crippen LogP contribution in [0.2, 0.25) is 0 Å². The quantitative estimate of drug-likeness (QED) is 0.704. The molecule has 7 heteroatoms. The van der Waals surface area contributed by atoms with Crippen LogP contribution in [-0.4, -0.2) is 44.6 Å². The summed E-state index contributed by atoms with van der Waals surface area (Å²) in [5, 5.41) is 3.13. The molecule has 2 amide bonds. The van der Waals surface area contributed by atoms with Crippen molar-refractivity contribution in [1.29, 1.82) is 0 Å². The highest BCUT2D eigenvalue weighted by Gasteiger charge is 2.39. The predicted molar refractivity (Wildman–Crippen MR) is 115 cm³/mol. The van der Waals surface area contributed by atoms with E-state index in [2.05, 4.69) is 5.32 Å². The van der Waals surface area contributed by atoms with E-state index in [1.807, 2.05) is 32.0 Å². The van der Waals surface area contributed by atoms with Crippen molar-refractivity contribution >= 4 is 23.1 Å². The standard InChI is InChI=1S/C23H26N2O5/c1-7-25-22(26)19(16-9-8-13(2)10-14(16)3)20(23(25)27)24-15-11-17(28-4)21(30-6)18(12-15)29-5/h8-12,24H,7H2,1-6H3. The molecule has 0 atom stereocenters. The van der Waals surface area contributed by atoms with Crippen LogP contribution in [0, 0.1) is 13.8 Å². The van der Waals surface area contributed by atoms with Crippen molar-refractivity contribution in [3.63, 3.8) is 0 Å². The fraction of sp³-hybridized carbons (Fsp3) is 0.304. The molecule has 2 aromatic carbocycles. The first-order chi connectivity index (χ1) is 14.4. The number of benzene rings is 2. The number of ether oxygens (including phenoxy) is 3. The van der Waals surface area contributed by atoms with E-state index in [4.69, 9.17) is 14.2 Å². The number of likely N-dealkylation sites (N-methyl/N-ethyl adjacent to an activating group) is 1. The maximum atomic E-state index is 13.1. The minimum Gasteiger partial charge on any atom is -0.493 e. The van der Waals surface area contributed by atoms with Gasteiger partial charge in [0.2, 0.25) is 5.75 Å².